The Bertz CT molecular complexity index is 604. The van der Waals surface area contributed by atoms with Gasteiger partial charge in [-0.2, -0.15) is 4.31 Å². The van der Waals surface area contributed by atoms with E-state index in [0.717, 1.165) is 6.42 Å². The molecule has 0 aliphatic carbocycles. The smallest absolute Gasteiger partial charge is 0.261 e. The third kappa shape index (κ3) is 3.63. The summed E-state index contributed by atoms with van der Waals surface area (Å²) in [6, 6.07) is 1.48. The van der Waals surface area contributed by atoms with Gasteiger partial charge in [0.25, 0.3) is 5.91 Å². The van der Waals surface area contributed by atoms with Gasteiger partial charge < -0.3 is 10.1 Å². The van der Waals surface area contributed by atoms with Gasteiger partial charge in [-0.1, -0.05) is 6.92 Å². The average molecular weight is 332 g/mol. The Labute approximate surface area is 129 Å². The molecule has 2 rings (SSSR count). The van der Waals surface area contributed by atoms with Crippen LogP contribution in [0.25, 0.3) is 0 Å². The van der Waals surface area contributed by atoms with Gasteiger partial charge in [0.05, 0.1) is 23.0 Å². The lowest BCUT2D eigenvalue weighted by Gasteiger charge is -2.25. The molecule has 0 aromatic carbocycles. The zero-order valence-electron chi connectivity index (χ0n) is 12.2. The fourth-order valence-corrected chi connectivity index (χ4v) is 4.97. The minimum atomic E-state index is -3.54. The molecule has 1 fully saturated rings. The van der Waals surface area contributed by atoms with Crippen molar-refractivity contribution in [3.8, 4) is 0 Å². The molecule has 0 spiro atoms. The summed E-state index contributed by atoms with van der Waals surface area (Å²) in [7, 11) is -3.54. The van der Waals surface area contributed by atoms with Crippen molar-refractivity contribution in [1.29, 1.82) is 0 Å². The first-order valence-electron chi connectivity index (χ1n) is 6.93. The van der Waals surface area contributed by atoms with Gasteiger partial charge >= 0.3 is 0 Å². The molecule has 21 heavy (non-hydrogen) atoms. The Morgan fingerprint density at radius 2 is 2.10 bits per heavy atom. The van der Waals surface area contributed by atoms with Crippen molar-refractivity contribution in [2.75, 3.05) is 32.8 Å². The lowest BCUT2D eigenvalue weighted by molar-refractivity contribution is 0.0730. The number of nitrogens with one attached hydrogen (secondary N) is 1. The van der Waals surface area contributed by atoms with Crippen LogP contribution in [0.4, 0.5) is 0 Å². The molecule has 0 unspecified atom stereocenters. The highest BCUT2D eigenvalue weighted by Gasteiger charge is 2.29. The maximum Gasteiger partial charge on any atom is 0.261 e. The average Bonchev–Trinajstić information content (AvgIpc) is 2.88. The van der Waals surface area contributed by atoms with Crippen LogP contribution in [0.3, 0.4) is 0 Å². The lowest BCUT2D eigenvalue weighted by atomic mass is 10.4. The molecular weight excluding hydrogens is 312 g/mol. The fraction of sp³-hybridized carbons (Fsp3) is 0.615. The van der Waals surface area contributed by atoms with E-state index in [1.54, 1.807) is 6.92 Å². The molecule has 8 heteroatoms. The number of nitrogens with zero attached hydrogens (tertiary/aromatic N) is 1. The molecule has 0 atom stereocenters. The molecule has 1 aromatic heterocycles. The highest BCUT2D eigenvalue weighted by Crippen LogP contribution is 2.28. The number of amides is 1. The van der Waals surface area contributed by atoms with Crippen LogP contribution >= 0.6 is 11.3 Å². The van der Waals surface area contributed by atoms with Gasteiger partial charge in [-0.25, -0.2) is 8.42 Å². The predicted octanol–water partition coefficient (Wildman–Crippen LogP) is 1.22. The van der Waals surface area contributed by atoms with E-state index in [1.165, 1.54) is 21.7 Å². The van der Waals surface area contributed by atoms with Crippen molar-refractivity contribution in [2.45, 2.75) is 25.2 Å². The molecule has 0 bridgehead atoms. The van der Waals surface area contributed by atoms with Crippen LogP contribution in [0.2, 0.25) is 0 Å². The summed E-state index contributed by atoms with van der Waals surface area (Å²) in [5.74, 6) is -0.214. The first-order valence-corrected chi connectivity index (χ1v) is 9.19. The monoisotopic (exact) mass is 332 g/mol. The number of hydrogen-bond acceptors (Lipinski definition) is 5. The Balaban J connectivity index is 2.23. The highest BCUT2D eigenvalue weighted by molar-refractivity contribution is 7.89. The zero-order valence-corrected chi connectivity index (χ0v) is 13.8. The summed E-state index contributed by atoms with van der Waals surface area (Å²) in [5.41, 5.74) is 0. The van der Waals surface area contributed by atoms with Crippen LogP contribution in [-0.4, -0.2) is 51.5 Å². The van der Waals surface area contributed by atoms with Gasteiger partial charge in [0.2, 0.25) is 10.0 Å². The first kappa shape index (κ1) is 16.4. The molecule has 1 aliphatic heterocycles. The maximum atomic E-state index is 12.6. The molecule has 0 radical (unpaired) electrons. The maximum absolute atomic E-state index is 12.6. The van der Waals surface area contributed by atoms with Gasteiger partial charge in [0.1, 0.15) is 0 Å². The van der Waals surface area contributed by atoms with E-state index in [2.05, 4.69) is 5.32 Å². The van der Waals surface area contributed by atoms with E-state index < -0.39 is 10.0 Å². The second kappa shape index (κ2) is 6.87. The summed E-state index contributed by atoms with van der Waals surface area (Å²) >= 11 is 1.21. The predicted molar refractivity (Wildman–Crippen MR) is 81.3 cm³/mol. The highest BCUT2D eigenvalue weighted by atomic mass is 32.2. The molecule has 1 saturated heterocycles. The number of hydrogen-bond donors (Lipinski definition) is 1. The molecular formula is C13H20N2O4S2. The van der Waals surface area contributed by atoms with Crippen molar-refractivity contribution in [2.24, 2.45) is 0 Å². The fourth-order valence-electron chi connectivity index (χ4n) is 2.09. The number of ether oxygens (including phenoxy) is 1. The van der Waals surface area contributed by atoms with Crippen molar-refractivity contribution in [3.63, 3.8) is 0 Å². The van der Waals surface area contributed by atoms with E-state index >= 15 is 0 Å². The SMILES string of the molecule is CCCNC(=O)c1cc(S(=O)(=O)N2CCOCC2)c(C)s1. The second-order valence-electron chi connectivity index (χ2n) is 4.80. The number of aryl methyl sites for hydroxylation is 1. The number of morpholine rings is 1. The molecule has 1 N–H and O–H groups in total. The van der Waals surface area contributed by atoms with Gasteiger partial charge in [0.15, 0.2) is 0 Å². The van der Waals surface area contributed by atoms with E-state index in [1.807, 2.05) is 6.92 Å². The Morgan fingerprint density at radius 1 is 1.43 bits per heavy atom. The summed E-state index contributed by atoms with van der Waals surface area (Å²) in [6.07, 6.45) is 0.842. The standard InChI is InChI=1S/C13H20N2O4S2/c1-3-4-14-13(16)11-9-12(10(2)20-11)21(17,18)15-5-7-19-8-6-15/h9H,3-8H2,1-2H3,(H,14,16). The minimum Gasteiger partial charge on any atom is -0.379 e. The van der Waals surface area contributed by atoms with Crippen LogP contribution in [-0.2, 0) is 14.8 Å². The number of carbonyl (C=O) groups excluding carboxylic acids is 1. The Kier molecular flexibility index (Phi) is 5.37. The second-order valence-corrected chi connectivity index (χ2v) is 7.97. The van der Waals surface area contributed by atoms with E-state index in [4.69, 9.17) is 4.74 Å². The lowest BCUT2D eigenvalue weighted by Crippen LogP contribution is -2.40. The Morgan fingerprint density at radius 3 is 2.71 bits per heavy atom. The van der Waals surface area contributed by atoms with Crippen LogP contribution < -0.4 is 5.32 Å². The summed E-state index contributed by atoms with van der Waals surface area (Å²) in [6.45, 7) is 5.81. The van der Waals surface area contributed by atoms with Crippen LogP contribution in [0.15, 0.2) is 11.0 Å². The zero-order chi connectivity index (χ0) is 15.5. The minimum absolute atomic E-state index is 0.214. The van der Waals surface area contributed by atoms with Crippen molar-refractivity contribution >= 4 is 27.3 Å². The molecule has 6 nitrogen and oxygen atoms in total. The third-order valence-corrected chi connectivity index (χ3v) is 6.42. The largest absolute Gasteiger partial charge is 0.379 e. The van der Waals surface area contributed by atoms with E-state index in [-0.39, 0.29) is 10.8 Å². The van der Waals surface area contributed by atoms with E-state index in [0.29, 0.717) is 42.6 Å². The molecule has 0 saturated carbocycles. The van der Waals surface area contributed by atoms with E-state index in [9.17, 15) is 13.2 Å². The molecule has 118 valence electrons. The van der Waals surface area contributed by atoms with Crippen molar-refractivity contribution in [1.82, 2.24) is 9.62 Å². The van der Waals surface area contributed by atoms with Crippen molar-refractivity contribution in [3.05, 3.63) is 15.8 Å². The van der Waals surface area contributed by atoms with Gasteiger partial charge in [-0.3, -0.25) is 4.79 Å². The molecule has 1 amide bonds. The Hall–Kier alpha value is -0.960. The van der Waals surface area contributed by atoms with Crippen LogP contribution in [0.1, 0.15) is 27.9 Å². The quantitative estimate of drug-likeness (QED) is 0.879. The molecule has 1 aliphatic rings. The van der Waals surface area contributed by atoms with Gasteiger partial charge in [-0.05, 0) is 19.4 Å². The normalized spacial score (nSPS) is 16.9. The summed E-state index contributed by atoms with van der Waals surface area (Å²) in [4.78, 5) is 13.3. The van der Waals surface area contributed by atoms with Gasteiger partial charge in [0, 0.05) is 24.5 Å². The number of carbonyl (C=O) groups is 1. The number of thiophene rings is 1. The van der Waals surface area contributed by atoms with Crippen LogP contribution in [0.5, 0.6) is 0 Å². The third-order valence-electron chi connectivity index (χ3n) is 3.22. The summed E-state index contributed by atoms with van der Waals surface area (Å²) in [5, 5.41) is 2.76. The topological polar surface area (TPSA) is 75.7 Å². The molecule has 2 heterocycles. The molecule has 1 aromatic rings. The number of sulfonamides is 1. The van der Waals surface area contributed by atoms with Crippen molar-refractivity contribution < 1.29 is 17.9 Å². The summed E-state index contributed by atoms with van der Waals surface area (Å²) < 4.78 is 31.8. The number of rotatable bonds is 5. The van der Waals surface area contributed by atoms with Gasteiger partial charge in [-0.15, -0.1) is 11.3 Å². The van der Waals surface area contributed by atoms with Crippen LogP contribution in [0, 0.1) is 6.92 Å². The first-order chi connectivity index (χ1) is 9.96.